The second-order valence-corrected chi connectivity index (χ2v) is 23.1. The maximum absolute atomic E-state index is 14.7. The van der Waals surface area contributed by atoms with E-state index in [2.05, 4.69) is 65.4 Å². The van der Waals surface area contributed by atoms with Crippen molar-refractivity contribution in [1.82, 2.24) is 58.5 Å². The van der Waals surface area contributed by atoms with E-state index in [0.29, 0.717) is 18.4 Å². The van der Waals surface area contributed by atoms with E-state index in [0.717, 1.165) is 36.8 Å². The van der Waals surface area contributed by atoms with Gasteiger partial charge in [-0.1, -0.05) is 118 Å². The summed E-state index contributed by atoms with van der Waals surface area (Å²) in [5.74, 6) is -10.0. The summed E-state index contributed by atoms with van der Waals surface area (Å²) < 4.78 is 0. The summed E-state index contributed by atoms with van der Waals surface area (Å²) in [5.41, 5.74) is 32.2. The normalized spacial score (nSPS) is 21.4. The first-order chi connectivity index (χ1) is 44.6. The summed E-state index contributed by atoms with van der Waals surface area (Å²) in [6.07, 6.45) is 0.323. The molecule has 29 heteroatoms. The largest absolute Gasteiger partial charge is 0.391 e. The third-order valence-corrected chi connectivity index (χ3v) is 15.6. The predicted molar refractivity (Wildman–Crippen MR) is 348 cm³/mol. The fourth-order valence-corrected chi connectivity index (χ4v) is 10.3. The third kappa shape index (κ3) is 25.9. The maximum atomic E-state index is 14.7. The molecule has 3 aromatic carbocycles. The van der Waals surface area contributed by atoms with Gasteiger partial charge in [-0.25, -0.2) is 0 Å². The molecule has 1 aliphatic heterocycles. The van der Waals surface area contributed by atoms with E-state index in [9.17, 15) is 63.0 Å². The van der Waals surface area contributed by atoms with Gasteiger partial charge in [-0.15, -0.1) is 0 Å². The van der Waals surface area contributed by atoms with Crippen LogP contribution in [0.4, 0.5) is 0 Å². The Morgan fingerprint density at radius 2 is 0.957 bits per heavy atom. The number of benzene rings is 3. The van der Waals surface area contributed by atoms with Gasteiger partial charge in [0.05, 0.1) is 12.2 Å². The van der Waals surface area contributed by atoms with Gasteiger partial charge in [0.25, 0.3) is 5.91 Å². The van der Waals surface area contributed by atoms with Crippen LogP contribution < -0.4 is 87.2 Å². The number of carbonyl (C=O) groups is 11. The van der Waals surface area contributed by atoms with Crippen LogP contribution in [0.5, 0.6) is 0 Å². The van der Waals surface area contributed by atoms with Crippen LogP contribution in [-0.2, 0) is 54.4 Å². The summed E-state index contributed by atoms with van der Waals surface area (Å²) in [6, 6.07) is 9.65. The number of nitrogens with one attached hydrogen (secondary N) is 11. The molecular formula is C64H98N16O13. The highest BCUT2D eigenvalue weighted by atomic mass is 16.3. The lowest BCUT2D eigenvalue weighted by molar-refractivity contribution is -0.136. The SMILES string of the molecule is CCCCCCCC[C@@H]1NC(=O)[C@@H](Cc2ccccc2)NC(=O)[C@@H](CCN)NC(=O)[C@@H](NC(=O)[C@H](CCN)NC(=O)[C@@H](NC(=O)[C@H](CCN)NC(=O)c2ccc(-c3ccccc3)cc2)[C@@H](C)O)CCNC(=O)[C@H]([C@@H](C)O)NC(=O)[C@H](CCN)NC(=O)[C@H](CCN)NC1=O. The number of amides is 11. The van der Waals surface area contributed by atoms with Gasteiger partial charge in [0.15, 0.2) is 0 Å². The van der Waals surface area contributed by atoms with E-state index in [-0.39, 0.29) is 83.2 Å². The second kappa shape index (κ2) is 41.2. The molecule has 0 aromatic heterocycles. The van der Waals surface area contributed by atoms with Crippen LogP contribution in [0, 0.1) is 0 Å². The third-order valence-electron chi connectivity index (χ3n) is 15.6. The predicted octanol–water partition coefficient (Wildman–Crippen LogP) is -3.17. The lowest BCUT2D eigenvalue weighted by Gasteiger charge is -2.28. The highest BCUT2D eigenvalue weighted by Gasteiger charge is 2.37. The van der Waals surface area contributed by atoms with Crippen LogP contribution in [0.2, 0.25) is 0 Å². The van der Waals surface area contributed by atoms with Crippen LogP contribution in [0.3, 0.4) is 0 Å². The molecule has 0 unspecified atom stereocenters. The monoisotopic (exact) mass is 1300 g/mol. The number of hydrogen-bond acceptors (Lipinski definition) is 18. The lowest BCUT2D eigenvalue weighted by Crippen LogP contribution is -2.62. The number of hydrogen-bond donors (Lipinski definition) is 18. The second-order valence-electron chi connectivity index (χ2n) is 23.1. The van der Waals surface area contributed by atoms with Crippen molar-refractivity contribution in [3.05, 3.63) is 96.1 Å². The maximum Gasteiger partial charge on any atom is 0.251 e. The van der Waals surface area contributed by atoms with Crippen molar-refractivity contribution in [3.8, 4) is 11.1 Å². The minimum Gasteiger partial charge on any atom is -0.391 e. The lowest BCUT2D eigenvalue weighted by atomic mass is 10.0. The molecule has 12 atom stereocenters. The van der Waals surface area contributed by atoms with E-state index in [1.165, 1.54) is 13.8 Å². The van der Waals surface area contributed by atoms with Crippen molar-refractivity contribution >= 4 is 65.0 Å². The molecule has 29 nitrogen and oxygen atoms in total. The van der Waals surface area contributed by atoms with Gasteiger partial charge >= 0.3 is 0 Å². The Kier molecular flexibility index (Phi) is 34.1. The number of aliphatic hydroxyl groups is 2. The topological polar surface area (TPSA) is 491 Å². The first kappa shape index (κ1) is 77.0. The van der Waals surface area contributed by atoms with Gasteiger partial charge in [0.1, 0.15) is 60.4 Å². The van der Waals surface area contributed by atoms with Crippen molar-refractivity contribution < 1.29 is 63.0 Å². The van der Waals surface area contributed by atoms with Gasteiger partial charge in [-0.05, 0) is 120 Å². The number of unbranched alkanes of at least 4 members (excludes halogenated alkanes) is 5. The molecule has 4 rings (SSSR count). The molecule has 0 aliphatic carbocycles. The summed E-state index contributed by atoms with van der Waals surface area (Å²) in [4.78, 5) is 156. The Morgan fingerprint density at radius 1 is 0.495 bits per heavy atom. The molecule has 1 saturated heterocycles. The van der Waals surface area contributed by atoms with E-state index in [1.807, 2.05) is 30.3 Å². The van der Waals surface area contributed by atoms with Gasteiger partial charge in [-0.2, -0.15) is 0 Å². The van der Waals surface area contributed by atoms with Crippen molar-refractivity contribution in [1.29, 1.82) is 0 Å². The summed E-state index contributed by atoms with van der Waals surface area (Å²) >= 11 is 0. The highest BCUT2D eigenvalue weighted by molar-refractivity contribution is 6.01. The Labute approximate surface area is 542 Å². The zero-order valence-corrected chi connectivity index (χ0v) is 53.4. The minimum absolute atomic E-state index is 0.0799. The minimum atomic E-state index is -1.75. The molecule has 0 bridgehead atoms. The zero-order chi connectivity index (χ0) is 68.4. The Hall–Kier alpha value is -8.45. The molecule has 0 radical (unpaired) electrons. The number of nitrogens with two attached hydrogens (primary N) is 5. The average Bonchev–Trinajstić information content (AvgIpc) is 1.55. The Balaban J connectivity index is 1.70. The molecule has 23 N–H and O–H groups in total. The molecule has 1 fully saturated rings. The standard InChI is InChI=1S/C64H98N16O13/c1-4-5-6-7-8-15-20-44-55(84)73-45(25-31-65)56(85)75-49(29-35-69)61(90)79-52(38(2)81)63(92)70-36-30-50(59(88)74-46(26-32-66)58(87)78-51(62(91)72-44)37-40-16-11-9-12-17-40)76-57(86)47(27-33-67)77-64(93)53(39(3)82)80-60(89)48(28-34-68)71-54(83)43-23-21-42(22-24-43)41-18-13-10-14-19-41/h9-14,16-19,21-24,38-39,44-53,81-82H,4-8,15,20,25-37,65-69H2,1-3H3,(H,70,92)(H,71,83)(H,72,91)(H,73,84)(H,74,88)(H,75,85)(H,76,86)(H,77,93)(H,78,87)(H,79,90)(H,80,89)/t38-,39-,44+,45+,46-,47+,48+,49+,50+,51-,52+,53+/m1/s1. The van der Waals surface area contributed by atoms with E-state index < -0.39 is 151 Å². The zero-order valence-electron chi connectivity index (χ0n) is 53.4. The van der Waals surface area contributed by atoms with Gasteiger partial charge in [0, 0.05) is 18.5 Å². The van der Waals surface area contributed by atoms with Crippen LogP contribution >= 0.6 is 0 Å². The van der Waals surface area contributed by atoms with Crippen molar-refractivity contribution in [2.75, 3.05) is 39.3 Å². The number of rotatable bonds is 30. The van der Waals surface area contributed by atoms with E-state index >= 15 is 0 Å². The Morgan fingerprint density at radius 3 is 1.47 bits per heavy atom. The fourth-order valence-electron chi connectivity index (χ4n) is 10.3. The smallest absolute Gasteiger partial charge is 0.251 e. The first-order valence-corrected chi connectivity index (χ1v) is 32.0. The van der Waals surface area contributed by atoms with Gasteiger partial charge in [0.2, 0.25) is 59.1 Å². The van der Waals surface area contributed by atoms with Gasteiger partial charge < -0.3 is 97.4 Å². The van der Waals surface area contributed by atoms with Crippen LogP contribution in [0.15, 0.2) is 84.9 Å². The van der Waals surface area contributed by atoms with Crippen LogP contribution in [0.1, 0.15) is 120 Å². The average molecular weight is 1300 g/mol. The summed E-state index contributed by atoms with van der Waals surface area (Å²) in [6.45, 7) is 3.21. The quantitative estimate of drug-likeness (QED) is 0.0293. The number of aliphatic hydroxyl groups excluding tert-OH is 2. The van der Waals surface area contributed by atoms with E-state index in [1.54, 1.807) is 54.6 Å². The summed E-state index contributed by atoms with van der Waals surface area (Å²) in [5, 5.41) is 50.1. The molecule has 1 heterocycles. The van der Waals surface area contributed by atoms with Crippen molar-refractivity contribution in [2.45, 2.75) is 183 Å². The van der Waals surface area contributed by atoms with E-state index in [4.69, 9.17) is 28.7 Å². The van der Waals surface area contributed by atoms with Crippen LogP contribution in [-0.4, -0.2) is 187 Å². The first-order valence-electron chi connectivity index (χ1n) is 32.0. The molecule has 512 valence electrons. The molecule has 0 saturated carbocycles. The highest BCUT2D eigenvalue weighted by Crippen LogP contribution is 2.20. The van der Waals surface area contributed by atoms with Crippen molar-refractivity contribution in [2.24, 2.45) is 28.7 Å². The molecule has 1 aliphatic rings. The van der Waals surface area contributed by atoms with Gasteiger partial charge in [-0.3, -0.25) is 52.7 Å². The molecule has 3 aromatic rings. The van der Waals surface area contributed by atoms with Crippen molar-refractivity contribution in [3.63, 3.8) is 0 Å². The van der Waals surface area contributed by atoms with Crippen LogP contribution in [0.25, 0.3) is 11.1 Å². The number of carbonyl (C=O) groups excluding carboxylic acids is 11. The Bertz CT molecular complexity index is 2890. The fraction of sp³-hybridized carbons (Fsp3) is 0.547. The summed E-state index contributed by atoms with van der Waals surface area (Å²) in [7, 11) is 0. The molecule has 11 amide bonds. The molecule has 93 heavy (non-hydrogen) atoms. The molecule has 0 spiro atoms. The molecular weight excluding hydrogens is 1200 g/mol.